The summed E-state index contributed by atoms with van der Waals surface area (Å²) in [6.07, 6.45) is 3.17. The van der Waals surface area contributed by atoms with Gasteiger partial charge in [0.25, 0.3) is 0 Å². The highest BCUT2D eigenvalue weighted by Gasteiger charge is 2.16. The number of aryl methyl sites for hydroxylation is 1. The van der Waals surface area contributed by atoms with Crippen molar-refractivity contribution in [2.75, 3.05) is 38.2 Å². The summed E-state index contributed by atoms with van der Waals surface area (Å²) in [5.41, 5.74) is 3.66. The molecule has 0 amide bonds. The fourth-order valence-electron chi connectivity index (χ4n) is 3.64. The summed E-state index contributed by atoms with van der Waals surface area (Å²) in [5.74, 6) is 2.01. The number of anilines is 1. The second-order valence-electron chi connectivity index (χ2n) is 7.86. The van der Waals surface area contributed by atoms with E-state index in [0.717, 1.165) is 84.3 Å². The number of hydrogen-bond donors (Lipinski definition) is 2. The molecule has 10 heteroatoms. The van der Waals surface area contributed by atoms with Crippen LogP contribution in [0.1, 0.15) is 25.0 Å². The van der Waals surface area contributed by atoms with Crippen LogP contribution in [0.5, 0.6) is 5.88 Å². The highest BCUT2D eigenvalue weighted by Crippen LogP contribution is 2.32. The minimum absolute atomic E-state index is 0.547. The zero-order valence-corrected chi connectivity index (χ0v) is 19.6. The van der Waals surface area contributed by atoms with Crippen molar-refractivity contribution in [1.82, 2.24) is 20.3 Å². The van der Waals surface area contributed by atoms with E-state index < -0.39 is 0 Å². The van der Waals surface area contributed by atoms with Crippen LogP contribution >= 0.6 is 22.7 Å². The molecule has 1 fully saturated rings. The number of pyridine rings is 1. The molecular weight excluding hydrogens is 444 g/mol. The van der Waals surface area contributed by atoms with Gasteiger partial charge in [-0.1, -0.05) is 0 Å². The maximum Gasteiger partial charge on any atom is 0.213 e. The molecule has 2 N–H and O–H groups in total. The van der Waals surface area contributed by atoms with Crippen LogP contribution < -0.4 is 15.4 Å². The molecule has 0 aliphatic carbocycles. The summed E-state index contributed by atoms with van der Waals surface area (Å²) in [5, 5.41) is 12.3. The Morgan fingerprint density at radius 1 is 1.12 bits per heavy atom. The molecule has 0 unspecified atom stereocenters. The Bertz CT molecular complexity index is 1090. The Hall–Kier alpha value is -2.56. The number of ether oxygens (including phenoxy) is 2. The van der Waals surface area contributed by atoms with Crippen molar-refractivity contribution in [3.63, 3.8) is 0 Å². The fraction of sp³-hybridized carbons (Fsp3) is 0.455. The number of rotatable bonds is 6. The highest BCUT2D eigenvalue weighted by molar-refractivity contribution is 7.14. The van der Waals surface area contributed by atoms with Gasteiger partial charge in [0.05, 0.1) is 12.3 Å². The minimum atomic E-state index is 0.547. The number of thiazole rings is 2. The quantitative estimate of drug-likeness (QED) is 0.557. The second kappa shape index (κ2) is 9.93. The Morgan fingerprint density at radius 2 is 1.97 bits per heavy atom. The van der Waals surface area contributed by atoms with E-state index in [-0.39, 0.29) is 0 Å². The molecule has 0 radical (unpaired) electrons. The molecule has 5 rings (SSSR count). The molecule has 2 aliphatic rings. The summed E-state index contributed by atoms with van der Waals surface area (Å²) in [4.78, 5) is 18.6. The zero-order valence-electron chi connectivity index (χ0n) is 18.0. The van der Waals surface area contributed by atoms with Gasteiger partial charge in [0.2, 0.25) is 5.88 Å². The number of guanidine groups is 1. The zero-order chi connectivity index (χ0) is 21.8. The van der Waals surface area contributed by atoms with Crippen LogP contribution in [-0.4, -0.2) is 53.8 Å². The van der Waals surface area contributed by atoms with Crippen molar-refractivity contribution in [2.24, 2.45) is 10.9 Å². The van der Waals surface area contributed by atoms with Crippen molar-refractivity contribution in [3.05, 3.63) is 28.6 Å². The van der Waals surface area contributed by atoms with Gasteiger partial charge in [0, 0.05) is 48.7 Å². The predicted octanol–water partition coefficient (Wildman–Crippen LogP) is 4.20. The van der Waals surface area contributed by atoms with Crippen molar-refractivity contribution in [2.45, 2.75) is 26.2 Å². The molecule has 3 aromatic heterocycles. The minimum Gasteiger partial charge on any atom is -0.477 e. The van der Waals surface area contributed by atoms with Crippen LogP contribution in [0.3, 0.4) is 0 Å². The molecule has 0 saturated carbocycles. The van der Waals surface area contributed by atoms with Crippen molar-refractivity contribution < 1.29 is 9.47 Å². The normalized spacial score (nSPS) is 17.0. The smallest absolute Gasteiger partial charge is 0.213 e. The monoisotopic (exact) mass is 470 g/mol. The Labute approximate surface area is 195 Å². The molecular formula is C22H26N6O2S2. The fourth-order valence-corrected chi connectivity index (χ4v) is 5.24. The lowest BCUT2D eigenvalue weighted by Gasteiger charge is -2.21. The van der Waals surface area contributed by atoms with Gasteiger partial charge in [-0.25, -0.2) is 15.0 Å². The number of nitrogens with one attached hydrogen (secondary N) is 2. The molecule has 0 spiro atoms. The van der Waals surface area contributed by atoms with Crippen LogP contribution in [0.25, 0.3) is 22.0 Å². The Morgan fingerprint density at radius 3 is 2.78 bits per heavy atom. The molecule has 0 atom stereocenters. The van der Waals surface area contributed by atoms with Crippen LogP contribution in [-0.2, 0) is 4.74 Å². The largest absolute Gasteiger partial charge is 0.477 e. The van der Waals surface area contributed by atoms with Gasteiger partial charge < -0.3 is 20.1 Å². The number of aromatic nitrogens is 3. The number of hydrogen-bond acceptors (Lipinski definition) is 10. The summed E-state index contributed by atoms with van der Waals surface area (Å²) < 4.78 is 11.4. The molecule has 2 aliphatic heterocycles. The van der Waals surface area contributed by atoms with E-state index in [1.807, 2.05) is 29.8 Å². The van der Waals surface area contributed by atoms with E-state index in [9.17, 15) is 0 Å². The van der Waals surface area contributed by atoms with Crippen LogP contribution in [0, 0.1) is 12.8 Å². The van der Waals surface area contributed by atoms with E-state index in [1.54, 1.807) is 22.7 Å². The number of aliphatic imine (C=N–C) groups is 1. The van der Waals surface area contributed by atoms with Crippen molar-refractivity contribution in [1.29, 1.82) is 0 Å². The van der Waals surface area contributed by atoms with E-state index in [1.165, 1.54) is 0 Å². The maximum absolute atomic E-state index is 5.94. The molecule has 5 heterocycles. The van der Waals surface area contributed by atoms with Gasteiger partial charge in [0.15, 0.2) is 11.1 Å². The maximum atomic E-state index is 5.94. The Kier molecular flexibility index (Phi) is 6.61. The molecule has 0 aromatic carbocycles. The van der Waals surface area contributed by atoms with E-state index in [2.05, 4.69) is 25.6 Å². The van der Waals surface area contributed by atoms with E-state index in [0.29, 0.717) is 18.4 Å². The average Bonchev–Trinajstić information content (AvgIpc) is 3.49. The van der Waals surface area contributed by atoms with Crippen LogP contribution in [0.15, 0.2) is 27.9 Å². The number of nitrogens with zero attached hydrogens (tertiary/aromatic N) is 4. The standard InChI is InChI=1S/C22H26N6O2S2/c1-14-16(3-4-19(25-14)30-11-15-5-9-29-10-6-15)20-26-17(12-31-20)18-13-32-22(27-18)28-21-23-7-2-8-24-21/h3-4,12-13,15H,2,5-11H2,1H3,(H2,23,24,27,28). The first-order valence-corrected chi connectivity index (χ1v) is 12.7. The molecule has 3 aromatic rings. The lowest BCUT2D eigenvalue weighted by atomic mass is 10.0. The third kappa shape index (κ3) is 5.08. The van der Waals surface area contributed by atoms with Crippen LogP contribution in [0.2, 0.25) is 0 Å². The molecule has 168 valence electrons. The van der Waals surface area contributed by atoms with Gasteiger partial charge in [-0.3, -0.25) is 4.99 Å². The highest BCUT2D eigenvalue weighted by atomic mass is 32.1. The van der Waals surface area contributed by atoms with Gasteiger partial charge in [-0.05, 0) is 38.2 Å². The molecule has 32 heavy (non-hydrogen) atoms. The predicted molar refractivity (Wildman–Crippen MR) is 129 cm³/mol. The van der Waals surface area contributed by atoms with E-state index in [4.69, 9.17) is 14.5 Å². The first-order valence-electron chi connectivity index (χ1n) is 10.9. The van der Waals surface area contributed by atoms with Crippen molar-refractivity contribution in [3.8, 4) is 27.8 Å². The first-order chi connectivity index (χ1) is 15.7. The molecule has 8 nitrogen and oxygen atoms in total. The van der Waals surface area contributed by atoms with Crippen LogP contribution in [0.4, 0.5) is 5.13 Å². The summed E-state index contributed by atoms with van der Waals surface area (Å²) in [7, 11) is 0. The van der Waals surface area contributed by atoms with Gasteiger partial charge >= 0.3 is 0 Å². The lowest BCUT2D eigenvalue weighted by molar-refractivity contribution is 0.0490. The molecule has 1 saturated heterocycles. The summed E-state index contributed by atoms with van der Waals surface area (Å²) >= 11 is 3.15. The van der Waals surface area contributed by atoms with Gasteiger partial charge in [-0.15, -0.1) is 22.7 Å². The summed E-state index contributed by atoms with van der Waals surface area (Å²) in [6, 6.07) is 3.98. The first kappa shape index (κ1) is 21.3. The third-order valence-corrected chi connectivity index (χ3v) is 7.13. The van der Waals surface area contributed by atoms with Gasteiger partial charge in [-0.2, -0.15) is 0 Å². The van der Waals surface area contributed by atoms with Crippen molar-refractivity contribution >= 4 is 33.8 Å². The average molecular weight is 471 g/mol. The summed E-state index contributed by atoms with van der Waals surface area (Å²) in [6.45, 7) is 6.13. The third-order valence-electron chi connectivity index (χ3n) is 5.49. The second-order valence-corrected chi connectivity index (χ2v) is 9.58. The SMILES string of the molecule is Cc1nc(OCC2CCOCC2)ccc1-c1nc(-c2csc(NC3=NCCCN3)n2)cs1. The topological polar surface area (TPSA) is 93.5 Å². The lowest BCUT2D eigenvalue weighted by Crippen LogP contribution is -2.35. The van der Waals surface area contributed by atoms with Gasteiger partial charge in [0.1, 0.15) is 16.4 Å². The van der Waals surface area contributed by atoms with E-state index >= 15 is 0 Å². The molecule has 0 bridgehead atoms. The Balaban J connectivity index is 1.24.